The second-order valence-corrected chi connectivity index (χ2v) is 6.32. The maximum Gasteiger partial charge on any atom is 0.246 e. The zero-order chi connectivity index (χ0) is 16.6. The average molecular weight is 313 g/mol. The number of hydrogen-bond acceptors (Lipinski definition) is 3. The number of furan rings is 1. The molecule has 0 unspecified atom stereocenters. The van der Waals surface area contributed by atoms with Gasteiger partial charge in [0.25, 0.3) is 0 Å². The Morgan fingerprint density at radius 2 is 2.00 bits per heavy atom. The highest BCUT2D eigenvalue weighted by Crippen LogP contribution is 2.37. The summed E-state index contributed by atoms with van der Waals surface area (Å²) in [6, 6.07) is 4.05. The smallest absolute Gasteiger partial charge is 0.246 e. The molecular formula is C19H23NO3. The van der Waals surface area contributed by atoms with Crippen molar-refractivity contribution in [2.24, 2.45) is 0 Å². The molecule has 0 aliphatic heterocycles. The molecule has 4 nitrogen and oxygen atoms in total. The molecule has 1 heterocycles. The second kappa shape index (κ2) is 6.11. The topological polar surface area (TPSA) is 42.7 Å². The lowest BCUT2D eigenvalue weighted by atomic mass is 9.94. The third-order valence-electron chi connectivity index (χ3n) is 4.48. The summed E-state index contributed by atoms with van der Waals surface area (Å²) in [5.74, 6) is 1.82. The molecule has 0 fully saturated rings. The molecule has 1 amide bonds. The standard InChI is InChI=1S/C19H23NO3/c1-12(9-19(21)20(2)3)14-10-15-13-7-5-6-8-16(13)23-18(15)11-17(14)22-4/h9-11H,5-8H2,1-4H3/b12-9+. The van der Waals surface area contributed by atoms with Gasteiger partial charge in [0.1, 0.15) is 17.1 Å². The van der Waals surface area contributed by atoms with Gasteiger partial charge in [0.2, 0.25) is 5.91 Å². The van der Waals surface area contributed by atoms with Crippen molar-refractivity contribution in [3.63, 3.8) is 0 Å². The SMILES string of the molecule is COc1cc2oc3c(c2cc1/C(C)=C/C(=O)N(C)C)CCCC3. The summed E-state index contributed by atoms with van der Waals surface area (Å²) in [6.45, 7) is 1.94. The predicted molar refractivity (Wildman–Crippen MR) is 91.8 cm³/mol. The van der Waals surface area contributed by atoms with Gasteiger partial charge >= 0.3 is 0 Å². The number of fused-ring (bicyclic) bond motifs is 3. The van der Waals surface area contributed by atoms with Crippen molar-refractivity contribution in [3.05, 3.63) is 35.1 Å². The molecule has 0 saturated carbocycles. The molecule has 23 heavy (non-hydrogen) atoms. The Labute approximate surface area is 136 Å². The first kappa shape index (κ1) is 15.7. The van der Waals surface area contributed by atoms with Crippen LogP contribution in [0.1, 0.15) is 36.7 Å². The predicted octanol–water partition coefficient (Wildman–Crippen LogP) is 3.81. The van der Waals surface area contributed by atoms with Crippen molar-refractivity contribution < 1.29 is 13.9 Å². The van der Waals surface area contributed by atoms with E-state index < -0.39 is 0 Å². The Bertz CT molecular complexity index is 783. The molecule has 1 aliphatic carbocycles. The van der Waals surface area contributed by atoms with Gasteiger partial charge in [0, 0.05) is 49.2 Å². The van der Waals surface area contributed by atoms with Gasteiger partial charge < -0.3 is 14.1 Å². The van der Waals surface area contributed by atoms with E-state index in [2.05, 4.69) is 6.07 Å². The van der Waals surface area contributed by atoms with Crippen molar-refractivity contribution in [1.29, 1.82) is 0 Å². The normalized spacial score (nSPS) is 14.7. The fourth-order valence-electron chi connectivity index (χ4n) is 3.16. The van der Waals surface area contributed by atoms with Crippen molar-refractivity contribution >= 4 is 22.4 Å². The van der Waals surface area contributed by atoms with Crippen LogP contribution < -0.4 is 4.74 Å². The molecule has 1 aromatic carbocycles. The van der Waals surface area contributed by atoms with E-state index in [0.717, 1.165) is 46.5 Å². The van der Waals surface area contributed by atoms with Crippen molar-refractivity contribution in [2.45, 2.75) is 32.6 Å². The molecule has 3 rings (SSSR count). The lowest BCUT2D eigenvalue weighted by molar-refractivity contribution is -0.123. The Morgan fingerprint density at radius 1 is 1.26 bits per heavy atom. The van der Waals surface area contributed by atoms with Gasteiger partial charge in [-0.05, 0) is 37.8 Å². The van der Waals surface area contributed by atoms with Gasteiger partial charge in [-0.2, -0.15) is 0 Å². The van der Waals surface area contributed by atoms with Crippen molar-refractivity contribution in [2.75, 3.05) is 21.2 Å². The van der Waals surface area contributed by atoms with E-state index in [1.807, 2.05) is 13.0 Å². The fourth-order valence-corrected chi connectivity index (χ4v) is 3.16. The minimum absolute atomic E-state index is 0.0288. The average Bonchev–Trinajstić information content (AvgIpc) is 2.90. The number of allylic oxidation sites excluding steroid dienone is 1. The first-order chi connectivity index (χ1) is 11.0. The number of likely N-dealkylation sites (N-methyl/N-ethyl adjacent to an activating group) is 1. The van der Waals surface area contributed by atoms with E-state index in [4.69, 9.17) is 9.15 Å². The molecule has 1 aromatic heterocycles. The highest BCUT2D eigenvalue weighted by atomic mass is 16.5. The lowest BCUT2D eigenvalue weighted by Crippen LogP contribution is -2.19. The number of nitrogens with zero attached hydrogens (tertiary/aromatic N) is 1. The Kier molecular flexibility index (Phi) is 4.16. The molecule has 0 spiro atoms. The number of ether oxygens (including phenoxy) is 1. The minimum Gasteiger partial charge on any atom is -0.496 e. The number of amides is 1. The van der Waals surface area contributed by atoms with Gasteiger partial charge in [-0.25, -0.2) is 0 Å². The summed E-state index contributed by atoms with van der Waals surface area (Å²) in [5, 5.41) is 1.15. The van der Waals surface area contributed by atoms with Gasteiger partial charge in [0.05, 0.1) is 7.11 Å². The Hall–Kier alpha value is -2.23. The van der Waals surface area contributed by atoms with Crippen LogP contribution in [0.4, 0.5) is 0 Å². The first-order valence-corrected chi connectivity index (χ1v) is 8.03. The van der Waals surface area contributed by atoms with Gasteiger partial charge in [0.15, 0.2) is 0 Å². The van der Waals surface area contributed by atoms with Gasteiger partial charge in [-0.15, -0.1) is 0 Å². The van der Waals surface area contributed by atoms with E-state index in [1.54, 1.807) is 32.2 Å². The molecule has 1 aliphatic rings. The fraction of sp³-hybridized carbons (Fsp3) is 0.421. The molecule has 0 bridgehead atoms. The summed E-state index contributed by atoms with van der Waals surface area (Å²) in [4.78, 5) is 13.5. The number of benzene rings is 1. The van der Waals surface area contributed by atoms with E-state index >= 15 is 0 Å². The van der Waals surface area contributed by atoms with Crippen LogP contribution in [0.5, 0.6) is 5.75 Å². The van der Waals surface area contributed by atoms with Crippen molar-refractivity contribution in [3.8, 4) is 5.75 Å². The highest BCUT2D eigenvalue weighted by Gasteiger charge is 2.20. The molecule has 0 saturated heterocycles. The Morgan fingerprint density at radius 3 is 2.70 bits per heavy atom. The van der Waals surface area contributed by atoms with Crippen LogP contribution in [-0.2, 0) is 17.6 Å². The highest BCUT2D eigenvalue weighted by molar-refractivity contribution is 5.97. The largest absolute Gasteiger partial charge is 0.496 e. The van der Waals surface area contributed by atoms with Crippen molar-refractivity contribution in [1.82, 2.24) is 4.90 Å². The first-order valence-electron chi connectivity index (χ1n) is 8.03. The van der Waals surface area contributed by atoms with Crippen LogP contribution >= 0.6 is 0 Å². The Balaban J connectivity index is 2.13. The molecule has 2 aromatic rings. The van der Waals surface area contributed by atoms with Crippen LogP contribution in [0.3, 0.4) is 0 Å². The molecular weight excluding hydrogens is 290 g/mol. The van der Waals surface area contributed by atoms with E-state index in [1.165, 1.54) is 18.4 Å². The van der Waals surface area contributed by atoms with Crippen LogP contribution in [0.2, 0.25) is 0 Å². The number of methoxy groups -OCH3 is 1. The number of carbonyl (C=O) groups is 1. The van der Waals surface area contributed by atoms with Gasteiger partial charge in [-0.3, -0.25) is 4.79 Å². The summed E-state index contributed by atoms with van der Waals surface area (Å²) in [6.07, 6.45) is 6.11. The summed E-state index contributed by atoms with van der Waals surface area (Å²) in [5.41, 5.74) is 4.05. The molecule has 4 heteroatoms. The third-order valence-corrected chi connectivity index (χ3v) is 4.48. The molecule has 122 valence electrons. The zero-order valence-corrected chi connectivity index (χ0v) is 14.2. The maximum absolute atomic E-state index is 12.0. The monoisotopic (exact) mass is 313 g/mol. The van der Waals surface area contributed by atoms with E-state index in [-0.39, 0.29) is 5.91 Å². The molecule has 0 atom stereocenters. The van der Waals surface area contributed by atoms with Gasteiger partial charge in [-0.1, -0.05) is 0 Å². The minimum atomic E-state index is -0.0288. The van der Waals surface area contributed by atoms with Crippen LogP contribution in [-0.4, -0.2) is 32.0 Å². The maximum atomic E-state index is 12.0. The van der Waals surface area contributed by atoms with Crippen LogP contribution in [0.15, 0.2) is 22.6 Å². The number of aryl methyl sites for hydroxylation is 2. The second-order valence-electron chi connectivity index (χ2n) is 6.32. The summed E-state index contributed by atoms with van der Waals surface area (Å²) >= 11 is 0. The summed E-state index contributed by atoms with van der Waals surface area (Å²) < 4.78 is 11.5. The summed E-state index contributed by atoms with van der Waals surface area (Å²) in [7, 11) is 5.15. The van der Waals surface area contributed by atoms with Crippen LogP contribution in [0, 0.1) is 0 Å². The van der Waals surface area contributed by atoms with E-state index in [0.29, 0.717) is 0 Å². The molecule has 0 radical (unpaired) electrons. The van der Waals surface area contributed by atoms with Crippen LogP contribution in [0.25, 0.3) is 16.5 Å². The number of rotatable bonds is 3. The quantitative estimate of drug-likeness (QED) is 0.809. The van der Waals surface area contributed by atoms with E-state index in [9.17, 15) is 4.79 Å². The third kappa shape index (κ3) is 2.85. The zero-order valence-electron chi connectivity index (χ0n) is 14.2. The molecule has 0 N–H and O–H groups in total. The number of carbonyl (C=O) groups excluding carboxylic acids is 1. The number of hydrogen-bond donors (Lipinski definition) is 0. The lowest BCUT2D eigenvalue weighted by Gasteiger charge is -2.12.